The molecule has 2 aliphatic heterocycles. The van der Waals surface area contributed by atoms with Gasteiger partial charge in [-0.3, -0.25) is 4.90 Å². The summed E-state index contributed by atoms with van der Waals surface area (Å²) in [6.07, 6.45) is 11.6. The van der Waals surface area contributed by atoms with Gasteiger partial charge in [-0.15, -0.1) is 0 Å². The number of aliphatic hydroxyl groups excluding tert-OH is 1. The van der Waals surface area contributed by atoms with Crippen LogP contribution in [0.15, 0.2) is 47.1 Å². The second-order valence-electron chi connectivity index (χ2n) is 14.3. The first-order chi connectivity index (χ1) is 18.2. The fraction of sp³-hybridized carbons (Fsp3) is 0.706. The van der Waals surface area contributed by atoms with Gasteiger partial charge in [0.05, 0.1) is 17.8 Å². The van der Waals surface area contributed by atoms with Crippen LogP contribution in [-0.4, -0.2) is 40.4 Å². The van der Waals surface area contributed by atoms with Crippen molar-refractivity contribution in [2.24, 2.45) is 35.0 Å². The second-order valence-corrected chi connectivity index (χ2v) is 14.3. The first kappa shape index (κ1) is 25.5. The number of halogens is 1. The first-order valence-electron chi connectivity index (χ1n) is 15.4. The Morgan fingerprint density at radius 3 is 2.68 bits per heavy atom. The van der Waals surface area contributed by atoms with Crippen molar-refractivity contribution >= 4 is 0 Å². The van der Waals surface area contributed by atoms with E-state index in [1.807, 2.05) is 12.1 Å². The Morgan fingerprint density at radius 2 is 1.89 bits per heavy atom. The molecule has 0 radical (unpaired) electrons. The van der Waals surface area contributed by atoms with Crippen LogP contribution in [0.4, 0.5) is 4.39 Å². The van der Waals surface area contributed by atoms with Crippen LogP contribution in [0.3, 0.4) is 0 Å². The Kier molecular flexibility index (Phi) is 6.04. The van der Waals surface area contributed by atoms with Crippen LogP contribution >= 0.6 is 0 Å². The maximum absolute atomic E-state index is 13.6. The molecule has 4 heteroatoms. The lowest BCUT2D eigenvalue weighted by molar-refractivity contribution is -0.0656. The van der Waals surface area contributed by atoms with Crippen molar-refractivity contribution in [3.8, 4) is 0 Å². The molecule has 38 heavy (non-hydrogen) atoms. The monoisotopic (exact) mass is 519 g/mol. The van der Waals surface area contributed by atoms with Gasteiger partial charge in [0.2, 0.25) is 0 Å². The SMILES string of the molecule is CC1=C2CC3[C@@H](CC=C4C[C@@H](O)CC[C@@]43C)[C@@H]2CC[C@]12O[C@@H]1C[C@H](C)CN(Cc3ccc(F)cc3)[C@H]1[C@H]2C. The van der Waals surface area contributed by atoms with E-state index in [0.717, 1.165) is 51.1 Å². The summed E-state index contributed by atoms with van der Waals surface area (Å²) in [5, 5.41) is 10.4. The van der Waals surface area contributed by atoms with Crippen LogP contribution in [-0.2, 0) is 11.3 Å². The van der Waals surface area contributed by atoms with E-state index in [-0.39, 0.29) is 29.0 Å². The number of fused-ring (bicyclic) bond motifs is 6. The number of piperidine rings is 1. The van der Waals surface area contributed by atoms with E-state index < -0.39 is 0 Å². The molecule has 2 saturated carbocycles. The molecule has 0 amide bonds. The number of hydrogen-bond donors (Lipinski definition) is 1. The number of ether oxygens (including phenoxy) is 1. The lowest BCUT2D eigenvalue weighted by atomic mass is 9.56. The third-order valence-electron chi connectivity index (χ3n) is 12.4. The van der Waals surface area contributed by atoms with Gasteiger partial charge in [-0.25, -0.2) is 4.39 Å². The Morgan fingerprint density at radius 1 is 1.11 bits per heavy atom. The summed E-state index contributed by atoms with van der Waals surface area (Å²) in [7, 11) is 0. The van der Waals surface area contributed by atoms with Crippen molar-refractivity contribution in [1.82, 2.24) is 4.90 Å². The highest BCUT2D eigenvalue weighted by molar-refractivity contribution is 5.38. The zero-order valence-electron chi connectivity index (χ0n) is 23.8. The molecule has 1 N–H and O–H groups in total. The fourth-order valence-electron chi connectivity index (χ4n) is 10.5. The van der Waals surface area contributed by atoms with Gasteiger partial charge in [-0.05, 0) is 111 Å². The summed E-state index contributed by atoms with van der Waals surface area (Å²) in [5.41, 5.74) is 6.17. The van der Waals surface area contributed by atoms with Crippen molar-refractivity contribution in [3.63, 3.8) is 0 Å². The van der Waals surface area contributed by atoms with Gasteiger partial charge < -0.3 is 9.84 Å². The topological polar surface area (TPSA) is 32.7 Å². The molecule has 0 aromatic heterocycles. The highest BCUT2D eigenvalue weighted by Gasteiger charge is 2.61. The molecule has 3 nitrogen and oxygen atoms in total. The summed E-state index contributed by atoms with van der Waals surface area (Å²) in [4.78, 5) is 2.66. The number of aliphatic hydroxyl groups is 1. The molecule has 1 spiro atoms. The summed E-state index contributed by atoms with van der Waals surface area (Å²) >= 11 is 0. The third kappa shape index (κ3) is 3.69. The third-order valence-corrected chi connectivity index (χ3v) is 12.4. The average Bonchev–Trinajstić information content (AvgIpc) is 3.40. The van der Waals surface area contributed by atoms with Crippen molar-refractivity contribution in [3.05, 3.63) is 58.4 Å². The number of rotatable bonds is 2. The van der Waals surface area contributed by atoms with E-state index in [1.54, 1.807) is 28.9 Å². The van der Waals surface area contributed by atoms with Gasteiger partial charge in [0.1, 0.15) is 5.82 Å². The molecule has 7 rings (SSSR count). The molecular weight excluding hydrogens is 473 g/mol. The fourth-order valence-corrected chi connectivity index (χ4v) is 10.5. The molecule has 1 aromatic carbocycles. The van der Waals surface area contributed by atoms with Crippen molar-refractivity contribution in [1.29, 1.82) is 0 Å². The lowest BCUT2D eigenvalue weighted by Crippen LogP contribution is -2.51. The van der Waals surface area contributed by atoms with Gasteiger partial charge in [0.25, 0.3) is 0 Å². The Balaban J connectivity index is 1.19. The lowest BCUT2D eigenvalue weighted by Gasteiger charge is -2.49. The van der Waals surface area contributed by atoms with Gasteiger partial charge in [0, 0.05) is 25.0 Å². The number of hydrogen-bond acceptors (Lipinski definition) is 3. The Hall–Kier alpha value is -1.49. The number of benzene rings is 1. The number of nitrogens with zero attached hydrogens (tertiary/aromatic N) is 1. The minimum absolute atomic E-state index is 0.139. The van der Waals surface area contributed by atoms with E-state index >= 15 is 0 Å². The Bertz CT molecular complexity index is 1160. The van der Waals surface area contributed by atoms with Crippen molar-refractivity contribution in [2.45, 2.75) is 109 Å². The molecule has 2 saturated heterocycles. The van der Waals surface area contributed by atoms with Crippen molar-refractivity contribution in [2.75, 3.05) is 6.54 Å². The zero-order valence-corrected chi connectivity index (χ0v) is 23.8. The number of allylic oxidation sites excluding steroid dienone is 2. The average molecular weight is 520 g/mol. The van der Waals surface area contributed by atoms with Crippen LogP contribution in [0, 0.1) is 40.8 Å². The summed E-state index contributed by atoms with van der Waals surface area (Å²) in [6.45, 7) is 11.7. The highest BCUT2D eigenvalue weighted by atomic mass is 19.1. The van der Waals surface area contributed by atoms with E-state index in [4.69, 9.17) is 4.74 Å². The summed E-state index contributed by atoms with van der Waals surface area (Å²) in [6, 6.07) is 7.51. The first-order valence-corrected chi connectivity index (χ1v) is 15.4. The quantitative estimate of drug-likeness (QED) is 0.425. The molecule has 10 atom stereocenters. The molecule has 4 aliphatic carbocycles. The van der Waals surface area contributed by atoms with Crippen LogP contribution in [0.2, 0.25) is 0 Å². The normalized spacial score (nSPS) is 46.4. The number of likely N-dealkylation sites (tertiary alicyclic amines) is 1. The minimum Gasteiger partial charge on any atom is -0.393 e. The predicted molar refractivity (Wildman–Crippen MR) is 149 cm³/mol. The molecule has 4 fully saturated rings. The molecule has 0 bridgehead atoms. The second kappa shape index (κ2) is 9.01. The maximum Gasteiger partial charge on any atom is 0.123 e. The molecule has 6 aliphatic rings. The maximum atomic E-state index is 13.6. The van der Waals surface area contributed by atoms with Crippen LogP contribution < -0.4 is 0 Å². The molecule has 206 valence electrons. The van der Waals surface area contributed by atoms with Gasteiger partial charge in [-0.2, -0.15) is 0 Å². The van der Waals surface area contributed by atoms with Gasteiger partial charge >= 0.3 is 0 Å². The van der Waals surface area contributed by atoms with Gasteiger partial charge in [0.15, 0.2) is 0 Å². The molecule has 2 heterocycles. The predicted octanol–water partition coefficient (Wildman–Crippen LogP) is 7.05. The molecular formula is C34H46FNO2. The van der Waals surface area contributed by atoms with E-state index in [1.165, 1.54) is 24.8 Å². The standard InChI is InChI=1S/C34H46FNO2/c1-20-15-31-32(36(18-20)19-23-5-8-25(35)9-6-23)22(3)34(38-31)14-12-27-28-10-7-24-16-26(37)11-13-33(24,4)30(28)17-29(27)21(34)2/h5-9,20,22,26-28,30-32,37H,10-19H2,1-4H3/t20-,22+,26-,27-,28-,30?,31+,32-,33-,34-/m0/s1. The highest BCUT2D eigenvalue weighted by Crippen LogP contribution is 2.65. The van der Waals surface area contributed by atoms with E-state index in [0.29, 0.717) is 29.7 Å². The summed E-state index contributed by atoms with van der Waals surface area (Å²) < 4.78 is 20.9. The smallest absolute Gasteiger partial charge is 0.123 e. The zero-order chi connectivity index (χ0) is 26.4. The van der Waals surface area contributed by atoms with E-state index in [2.05, 4.69) is 38.7 Å². The minimum atomic E-state index is -0.160. The molecule has 1 aromatic rings. The summed E-state index contributed by atoms with van der Waals surface area (Å²) in [5.74, 6) is 3.07. The van der Waals surface area contributed by atoms with Gasteiger partial charge in [-0.1, -0.05) is 50.1 Å². The van der Waals surface area contributed by atoms with Crippen LogP contribution in [0.25, 0.3) is 0 Å². The van der Waals surface area contributed by atoms with Crippen molar-refractivity contribution < 1.29 is 14.2 Å². The van der Waals surface area contributed by atoms with Crippen LogP contribution in [0.5, 0.6) is 0 Å². The van der Waals surface area contributed by atoms with E-state index in [9.17, 15) is 9.50 Å². The van der Waals surface area contributed by atoms with Crippen LogP contribution in [0.1, 0.15) is 84.6 Å². The molecule has 1 unspecified atom stereocenters. The Labute approximate surface area is 228 Å². The largest absolute Gasteiger partial charge is 0.393 e.